The first-order valence-corrected chi connectivity index (χ1v) is 9.55. The van der Waals surface area contributed by atoms with E-state index in [1.165, 1.54) is 0 Å². The minimum absolute atomic E-state index is 0.214. The number of sulfonamides is 1. The van der Waals surface area contributed by atoms with Crippen molar-refractivity contribution in [2.75, 3.05) is 25.1 Å². The molecule has 1 atom stereocenters. The van der Waals surface area contributed by atoms with Gasteiger partial charge < -0.3 is 9.64 Å². The molecule has 1 unspecified atom stereocenters. The standard InChI is InChI=1S/C18H22N2O3S/c1-3-23-14-8-10-15(11-9-14)24(21,22)19-17-12-13-20(2)18-7-5-4-6-16(17)18/h4-11,17,19H,3,12-13H2,1-2H3. The van der Waals surface area contributed by atoms with Crippen molar-refractivity contribution in [1.29, 1.82) is 0 Å². The Morgan fingerprint density at radius 3 is 2.58 bits per heavy atom. The predicted octanol–water partition coefficient (Wildman–Crippen LogP) is 2.94. The van der Waals surface area contributed by atoms with Crippen LogP contribution in [0.15, 0.2) is 53.4 Å². The van der Waals surface area contributed by atoms with Gasteiger partial charge in [-0.25, -0.2) is 13.1 Å². The lowest BCUT2D eigenvalue weighted by molar-refractivity contribution is 0.340. The van der Waals surface area contributed by atoms with Crippen molar-refractivity contribution in [3.05, 3.63) is 54.1 Å². The van der Waals surface area contributed by atoms with Crippen LogP contribution >= 0.6 is 0 Å². The van der Waals surface area contributed by atoms with Gasteiger partial charge in [0.25, 0.3) is 0 Å². The quantitative estimate of drug-likeness (QED) is 0.904. The summed E-state index contributed by atoms with van der Waals surface area (Å²) in [6.07, 6.45) is 0.740. The molecule has 1 aliphatic rings. The van der Waals surface area contributed by atoms with Gasteiger partial charge in [-0.2, -0.15) is 0 Å². The average Bonchev–Trinajstić information content (AvgIpc) is 2.58. The summed E-state index contributed by atoms with van der Waals surface area (Å²) in [7, 11) is -1.55. The van der Waals surface area contributed by atoms with E-state index in [1.807, 2.05) is 38.2 Å². The van der Waals surface area contributed by atoms with Crippen LogP contribution in [-0.4, -0.2) is 28.6 Å². The summed E-state index contributed by atoms with van der Waals surface area (Å²) in [5, 5.41) is 0. The molecular weight excluding hydrogens is 324 g/mol. The molecule has 0 amide bonds. The summed E-state index contributed by atoms with van der Waals surface area (Å²) in [5.41, 5.74) is 2.09. The number of para-hydroxylation sites is 1. The van der Waals surface area contributed by atoms with Crippen LogP contribution in [-0.2, 0) is 10.0 Å². The zero-order valence-electron chi connectivity index (χ0n) is 13.9. The Morgan fingerprint density at radius 2 is 1.88 bits per heavy atom. The smallest absolute Gasteiger partial charge is 0.241 e. The van der Waals surface area contributed by atoms with Crippen molar-refractivity contribution >= 4 is 15.7 Å². The van der Waals surface area contributed by atoms with E-state index in [-0.39, 0.29) is 10.9 Å². The lowest BCUT2D eigenvalue weighted by atomic mass is 9.98. The second-order valence-electron chi connectivity index (χ2n) is 5.85. The third-order valence-corrected chi connectivity index (χ3v) is 5.71. The minimum atomic E-state index is -3.58. The minimum Gasteiger partial charge on any atom is -0.494 e. The topological polar surface area (TPSA) is 58.6 Å². The molecule has 0 spiro atoms. The van der Waals surface area contributed by atoms with Gasteiger partial charge in [-0.3, -0.25) is 0 Å². The van der Waals surface area contributed by atoms with E-state index in [4.69, 9.17) is 4.74 Å². The van der Waals surface area contributed by atoms with Crippen LogP contribution in [0.4, 0.5) is 5.69 Å². The van der Waals surface area contributed by atoms with Gasteiger partial charge >= 0.3 is 0 Å². The third kappa shape index (κ3) is 3.39. The molecule has 1 aliphatic heterocycles. The van der Waals surface area contributed by atoms with E-state index >= 15 is 0 Å². The van der Waals surface area contributed by atoms with Crippen molar-refractivity contribution in [2.24, 2.45) is 0 Å². The molecule has 1 N–H and O–H groups in total. The van der Waals surface area contributed by atoms with Crippen LogP contribution in [0.1, 0.15) is 24.9 Å². The first-order chi connectivity index (χ1) is 11.5. The van der Waals surface area contributed by atoms with Crippen molar-refractivity contribution < 1.29 is 13.2 Å². The zero-order valence-corrected chi connectivity index (χ0v) is 14.7. The van der Waals surface area contributed by atoms with Crippen LogP contribution in [0.2, 0.25) is 0 Å². The Balaban J connectivity index is 1.83. The molecule has 0 saturated carbocycles. The Kier molecular flexibility index (Phi) is 4.78. The molecule has 1 heterocycles. The highest BCUT2D eigenvalue weighted by Gasteiger charge is 2.27. The number of ether oxygens (including phenoxy) is 1. The lowest BCUT2D eigenvalue weighted by Gasteiger charge is -2.33. The highest BCUT2D eigenvalue weighted by Crippen LogP contribution is 2.33. The lowest BCUT2D eigenvalue weighted by Crippen LogP contribution is -2.36. The number of rotatable bonds is 5. The molecule has 6 heteroatoms. The van der Waals surface area contributed by atoms with E-state index in [2.05, 4.69) is 9.62 Å². The summed E-state index contributed by atoms with van der Waals surface area (Å²) in [6.45, 7) is 3.26. The molecule has 0 bridgehead atoms. The maximum atomic E-state index is 12.7. The monoisotopic (exact) mass is 346 g/mol. The fourth-order valence-electron chi connectivity index (χ4n) is 2.99. The van der Waals surface area contributed by atoms with Crippen LogP contribution in [0.25, 0.3) is 0 Å². The SMILES string of the molecule is CCOc1ccc(S(=O)(=O)NC2CCN(C)c3ccccc32)cc1. The number of hydrogen-bond acceptors (Lipinski definition) is 4. The van der Waals surface area contributed by atoms with Crippen LogP contribution in [0, 0.1) is 0 Å². The van der Waals surface area contributed by atoms with Crippen LogP contribution < -0.4 is 14.4 Å². The molecule has 2 aromatic carbocycles. The van der Waals surface area contributed by atoms with E-state index < -0.39 is 10.0 Å². The zero-order chi connectivity index (χ0) is 17.2. The van der Waals surface area contributed by atoms with Crippen molar-refractivity contribution in [3.63, 3.8) is 0 Å². The Labute approximate surface area is 143 Å². The molecule has 0 radical (unpaired) electrons. The molecule has 5 nitrogen and oxygen atoms in total. The van der Waals surface area contributed by atoms with Gasteiger partial charge in [-0.05, 0) is 49.2 Å². The first-order valence-electron chi connectivity index (χ1n) is 8.06. The van der Waals surface area contributed by atoms with E-state index in [0.717, 1.165) is 24.2 Å². The maximum absolute atomic E-state index is 12.7. The summed E-state index contributed by atoms with van der Waals surface area (Å²) in [4.78, 5) is 2.40. The highest BCUT2D eigenvalue weighted by molar-refractivity contribution is 7.89. The van der Waals surface area contributed by atoms with Gasteiger partial charge in [0.05, 0.1) is 17.5 Å². The second-order valence-corrected chi connectivity index (χ2v) is 7.56. The largest absolute Gasteiger partial charge is 0.494 e. The molecule has 3 rings (SSSR count). The first kappa shape index (κ1) is 16.8. The summed E-state index contributed by atoms with van der Waals surface area (Å²) < 4.78 is 33.6. The van der Waals surface area contributed by atoms with Gasteiger partial charge in [0.15, 0.2) is 0 Å². The highest BCUT2D eigenvalue weighted by atomic mass is 32.2. The molecule has 0 fully saturated rings. The van der Waals surface area contributed by atoms with E-state index in [1.54, 1.807) is 24.3 Å². The average molecular weight is 346 g/mol. The van der Waals surface area contributed by atoms with Gasteiger partial charge in [0.1, 0.15) is 5.75 Å². The molecular formula is C18H22N2O3S. The molecule has 0 saturated heterocycles. The third-order valence-electron chi connectivity index (χ3n) is 4.22. The second kappa shape index (κ2) is 6.83. The van der Waals surface area contributed by atoms with Crippen molar-refractivity contribution in [2.45, 2.75) is 24.3 Å². The van der Waals surface area contributed by atoms with Crippen LogP contribution in [0.3, 0.4) is 0 Å². The Bertz CT molecular complexity index is 803. The van der Waals surface area contributed by atoms with Crippen LogP contribution in [0.5, 0.6) is 5.75 Å². The predicted molar refractivity (Wildman–Crippen MR) is 95.0 cm³/mol. The number of nitrogens with zero attached hydrogens (tertiary/aromatic N) is 1. The number of anilines is 1. The summed E-state index contributed by atoms with van der Waals surface area (Å²) >= 11 is 0. The molecule has 2 aromatic rings. The molecule has 24 heavy (non-hydrogen) atoms. The number of benzene rings is 2. The molecule has 0 aromatic heterocycles. The maximum Gasteiger partial charge on any atom is 0.241 e. The Hall–Kier alpha value is -2.05. The fraction of sp³-hybridized carbons (Fsp3) is 0.333. The van der Waals surface area contributed by atoms with E-state index in [0.29, 0.717) is 12.4 Å². The van der Waals surface area contributed by atoms with Crippen molar-refractivity contribution in [1.82, 2.24) is 4.72 Å². The normalized spacial score (nSPS) is 17.4. The summed E-state index contributed by atoms with van der Waals surface area (Å²) in [5.74, 6) is 0.668. The number of fused-ring (bicyclic) bond motifs is 1. The van der Waals surface area contributed by atoms with Crippen molar-refractivity contribution in [3.8, 4) is 5.75 Å². The fourth-order valence-corrected chi connectivity index (χ4v) is 4.24. The van der Waals surface area contributed by atoms with Gasteiger partial charge in [0.2, 0.25) is 10.0 Å². The Morgan fingerprint density at radius 1 is 1.17 bits per heavy atom. The molecule has 128 valence electrons. The number of nitrogens with one attached hydrogen (secondary N) is 1. The summed E-state index contributed by atoms with van der Waals surface area (Å²) in [6, 6.07) is 14.2. The van der Waals surface area contributed by atoms with Gasteiger partial charge in [-0.1, -0.05) is 18.2 Å². The van der Waals surface area contributed by atoms with E-state index in [9.17, 15) is 8.42 Å². The van der Waals surface area contributed by atoms with Gasteiger partial charge in [0, 0.05) is 19.3 Å². The molecule has 0 aliphatic carbocycles. The van der Waals surface area contributed by atoms with Gasteiger partial charge in [-0.15, -0.1) is 0 Å². The number of hydrogen-bond donors (Lipinski definition) is 1.